The van der Waals surface area contributed by atoms with Crippen LogP contribution in [0.5, 0.6) is 5.75 Å². The van der Waals surface area contributed by atoms with Crippen molar-refractivity contribution in [3.8, 4) is 5.75 Å². The summed E-state index contributed by atoms with van der Waals surface area (Å²) in [7, 11) is 0. The highest BCUT2D eigenvalue weighted by atomic mass is 16.6. The first kappa shape index (κ1) is 14.1. The molecule has 0 amide bonds. The number of anilines is 1. The predicted molar refractivity (Wildman–Crippen MR) is 78.5 cm³/mol. The molecule has 0 saturated heterocycles. The van der Waals surface area contributed by atoms with Crippen LogP contribution < -0.4 is 5.32 Å². The predicted octanol–water partition coefficient (Wildman–Crippen LogP) is 3.06. The Labute approximate surface area is 123 Å². The highest BCUT2D eigenvalue weighted by Crippen LogP contribution is 2.58. The fourth-order valence-electron chi connectivity index (χ4n) is 3.62. The maximum absolute atomic E-state index is 11.1. The van der Waals surface area contributed by atoms with Crippen LogP contribution >= 0.6 is 0 Å². The molecule has 0 bridgehead atoms. The van der Waals surface area contributed by atoms with Crippen molar-refractivity contribution in [1.29, 1.82) is 0 Å². The van der Waals surface area contributed by atoms with Crippen LogP contribution in [0.25, 0.3) is 0 Å². The number of benzene rings is 1. The lowest BCUT2D eigenvalue weighted by Gasteiger charge is -2.61. The highest BCUT2D eigenvalue weighted by Gasteiger charge is 2.59. The van der Waals surface area contributed by atoms with Crippen molar-refractivity contribution in [2.24, 2.45) is 5.41 Å². The van der Waals surface area contributed by atoms with Crippen molar-refractivity contribution in [2.45, 2.75) is 44.8 Å². The Bertz CT molecular complexity index is 557. The van der Waals surface area contributed by atoms with Crippen LogP contribution in [-0.4, -0.2) is 28.8 Å². The summed E-state index contributed by atoms with van der Waals surface area (Å²) in [6, 6.07) is 4.45. The van der Waals surface area contributed by atoms with Gasteiger partial charge in [-0.1, -0.05) is 6.42 Å². The van der Waals surface area contributed by atoms with E-state index in [4.69, 9.17) is 4.74 Å². The lowest BCUT2D eigenvalue weighted by atomic mass is 9.51. The number of nitro groups is 1. The van der Waals surface area contributed by atoms with E-state index in [0.29, 0.717) is 12.3 Å². The van der Waals surface area contributed by atoms with Gasteiger partial charge in [0.2, 0.25) is 0 Å². The molecule has 3 rings (SSSR count). The number of phenols is 1. The van der Waals surface area contributed by atoms with Crippen molar-refractivity contribution in [3.63, 3.8) is 0 Å². The Balaban J connectivity index is 1.77. The van der Waals surface area contributed by atoms with E-state index in [2.05, 4.69) is 5.32 Å². The summed E-state index contributed by atoms with van der Waals surface area (Å²) in [5.74, 6) is -0.0913. The molecule has 1 spiro atoms. The maximum Gasteiger partial charge on any atom is 0.296 e. The number of hydrogen-bond acceptors (Lipinski definition) is 5. The third-order valence-electron chi connectivity index (χ3n) is 4.95. The summed E-state index contributed by atoms with van der Waals surface area (Å²) < 4.78 is 5.79. The molecule has 6 heteroatoms. The highest BCUT2D eigenvalue weighted by molar-refractivity contribution is 5.64. The minimum Gasteiger partial charge on any atom is -0.508 e. The lowest BCUT2D eigenvalue weighted by molar-refractivity contribution is -0.384. The second-order valence-electron chi connectivity index (χ2n) is 5.92. The molecular formula is C15H20N2O4. The first-order valence-electron chi connectivity index (χ1n) is 7.42. The topological polar surface area (TPSA) is 84.6 Å². The minimum atomic E-state index is -0.464. The van der Waals surface area contributed by atoms with Crippen LogP contribution in [0.15, 0.2) is 18.2 Å². The number of aromatic hydroxyl groups is 1. The standard InChI is InChI=1S/C15H20N2O4/c1-2-21-14-9-13(15(14)6-3-7-15)16-11-5-4-10(18)8-12(11)17(19)20/h4-5,8,13-14,16,18H,2-3,6-7,9H2,1H3. The molecule has 2 aliphatic carbocycles. The largest absolute Gasteiger partial charge is 0.508 e. The van der Waals surface area contributed by atoms with Gasteiger partial charge in [0.05, 0.1) is 17.1 Å². The van der Waals surface area contributed by atoms with Crippen LogP contribution in [0, 0.1) is 15.5 Å². The van der Waals surface area contributed by atoms with E-state index in [1.165, 1.54) is 18.6 Å². The molecule has 0 aromatic heterocycles. The van der Waals surface area contributed by atoms with E-state index in [9.17, 15) is 15.2 Å². The third-order valence-corrected chi connectivity index (χ3v) is 4.95. The van der Waals surface area contributed by atoms with Gasteiger partial charge in [-0.05, 0) is 38.3 Å². The lowest BCUT2D eigenvalue weighted by Crippen LogP contribution is -2.64. The summed E-state index contributed by atoms with van der Waals surface area (Å²) >= 11 is 0. The monoisotopic (exact) mass is 292 g/mol. The van der Waals surface area contributed by atoms with Gasteiger partial charge in [-0.25, -0.2) is 0 Å². The Hall–Kier alpha value is -1.82. The van der Waals surface area contributed by atoms with Gasteiger partial charge in [-0.3, -0.25) is 10.1 Å². The molecule has 6 nitrogen and oxygen atoms in total. The molecule has 1 aromatic rings. The average molecular weight is 292 g/mol. The van der Waals surface area contributed by atoms with Gasteiger partial charge < -0.3 is 15.2 Å². The molecule has 1 aromatic carbocycles. The number of nitrogens with one attached hydrogen (secondary N) is 1. The molecule has 2 fully saturated rings. The van der Waals surface area contributed by atoms with Crippen LogP contribution in [0.4, 0.5) is 11.4 Å². The Morgan fingerprint density at radius 1 is 1.52 bits per heavy atom. The second-order valence-corrected chi connectivity index (χ2v) is 5.92. The minimum absolute atomic E-state index is 0.0793. The summed E-state index contributed by atoms with van der Waals surface area (Å²) in [5.41, 5.74) is 0.537. The van der Waals surface area contributed by atoms with Gasteiger partial charge in [-0.2, -0.15) is 0 Å². The van der Waals surface area contributed by atoms with Crippen molar-refractivity contribution >= 4 is 11.4 Å². The van der Waals surface area contributed by atoms with E-state index in [1.54, 1.807) is 6.07 Å². The number of nitrogens with zero attached hydrogens (tertiary/aromatic N) is 1. The van der Waals surface area contributed by atoms with Crippen molar-refractivity contribution in [3.05, 3.63) is 28.3 Å². The maximum atomic E-state index is 11.1. The zero-order valence-corrected chi connectivity index (χ0v) is 12.0. The second kappa shape index (κ2) is 5.18. The SMILES string of the molecule is CCOC1CC(Nc2ccc(O)cc2[N+](=O)[O-])C12CCC2. The quantitative estimate of drug-likeness (QED) is 0.495. The van der Waals surface area contributed by atoms with Gasteiger partial charge in [0, 0.05) is 18.1 Å². The van der Waals surface area contributed by atoms with E-state index < -0.39 is 4.92 Å². The van der Waals surface area contributed by atoms with Crippen molar-refractivity contribution in [1.82, 2.24) is 0 Å². The smallest absolute Gasteiger partial charge is 0.296 e. The third kappa shape index (κ3) is 2.23. The molecule has 2 unspecified atom stereocenters. The fourth-order valence-corrected chi connectivity index (χ4v) is 3.62. The Morgan fingerprint density at radius 2 is 2.29 bits per heavy atom. The molecule has 0 aliphatic heterocycles. The summed E-state index contributed by atoms with van der Waals surface area (Å²) in [5, 5.41) is 23.8. The number of phenolic OH excluding ortho intramolecular Hbond substituents is 1. The van der Waals surface area contributed by atoms with Crippen LogP contribution in [0.1, 0.15) is 32.6 Å². The molecule has 2 saturated carbocycles. The van der Waals surface area contributed by atoms with Gasteiger partial charge in [0.15, 0.2) is 0 Å². The van der Waals surface area contributed by atoms with Crippen LogP contribution in [0.3, 0.4) is 0 Å². The van der Waals surface area contributed by atoms with E-state index in [1.807, 2.05) is 6.92 Å². The van der Waals surface area contributed by atoms with Gasteiger partial charge in [-0.15, -0.1) is 0 Å². The molecule has 114 valence electrons. The zero-order valence-electron chi connectivity index (χ0n) is 12.0. The number of nitro benzene ring substituents is 1. The molecule has 0 heterocycles. The van der Waals surface area contributed by atoms with E-state index in [-0.39, 0.29) is 29.0 Å². The summed E-state index contributed by atoms with van der Waals surface area (Å²) in [6.45, 7) is 2.70. The molecule has 0 radical (unpaired) electrons. The number of rotatable bonds is 5. The molecule has 2 aliphatic rings. The van der Waals surface area contributed by atoms with Gasteiger partial charge in [0.1, 0.15) is 11.4 Å². The van der Waals surface area contributed by atoms with Crippen molar-refractivity contribution < 1.29 is 14.8 Å². The molecular weight excluding hydrogens is 272 g/mol. The first-order valence-corrected chi connectivity index (χ1v) is 7.42. The van der Waals surface area contributed by atoms with Crippen molar-refractivity contribution in [2.75, 3.05) is 11.9 Å². The van der Waals surface area contributed by atoms with E-state index >= 15 is 0 Å². The average Bonchev–Trinajstić information content (AvgIpc) is 2.36. The van der Waals surface area contributed by atoms with Crippen LogP contribution in [-0.2, 0) is 4.74 Å². The normalized spacial score (nSPS) is 26.0. The molecule has 2 atom stereocenters. The molecule has 21 heavy (non-hydrogen) atoms. The summed E-state index contributed by atoms with van der Waals surface area (Å²) in [6.07, 6.45) is 4.57. The summed E-state index contributed by atoms with van der Waals surface area (Å²) in [4.78, 5) is 10.6. The van der Waals surface area contributed by atoms with E-state index in [0.717, 1.165) is 19.3 Å². The van der Waals surface area contributed by atoms with Gasteiger partial charge in [0.25, 0.3) is 5.69 Å². The number of ether oxygens (including phenoxy) is 1. The molecule has 2 N–H and O–H groups in total. The fraction of sp³-hybridized carbons (Fsp3) is 0.600. The van der Waals surface area contributed by atoms with Crippen LogP contribution in [0.2, 0.25) is 0 Å². The number of hydrogen-bond donors (Lipinski definition) is 2. The Morgan fingerprint density at radius 3 is 2.86 bits per heavy atom. The Kier molecular flexibility index (Phi) is 3.49. The van der Waals surface area contributed by atoms with Gasteiger partial charge >= 0.3 is 0 Å². The zero-order chi connectivity index (χ0) is 15.0. The first-order chi connectivity index (χ1) is 10.1.